The van der Waals surface area contributed by atoms with Gasteiger partial charge in [-0.2, -0.15) is 0 Å². The van der Waals surface area contributed by atoms with E-state index in [1.54, 1.807) is 6.07 Å². The number of hydrogen-bond acceptors (Lipinski definition) is 3. The number of nitrogens with zero attached hydrogens (tertiary/aromatic N) is 1. The van der Waals surface area contributed by atoms with E-state index in [2.05, 4.69) is 0 Å². The van der Waals surface area contributed by atoms with Crippen molar-refractivity contribution in [1.29, 1.82) is 0 Å². The van der Waals surface area contributed by atoms with Gasteiger partial charge in [-0.25, -0.2) is 0 Å². The van der Waals surface area contributed by atoms with Crippen LogP contribution in [0.4, 0.5) is 0 Å². The van der Waals surface area contributed by atoms with Gasteiger partial charge in [-0.1, -0.05) is 23.7 Å². The topological polar surface area (TPSA) is 66.8 Å². The molecule has 3 rings (SSSR count). The maximum Gasteiger partial charge on any atom is 0.306 e. The molecule has 2 fully saturated rings. The van der Waals surface area contributed by atoms with Crippen molar-refractivity contribution >= 4 is 23.5 Å². The van der Waals surface area contributed by atoms with E-state index in [1.807, 2.05) is 23.1 Å². The molecular weight excluding hydrogens is 318 g/mol. The van der Waals surface area contributed by atoms with Crippen molar-refractivity contribution in [3.8, 4) is 0 Å². The molecule has 1 aromatic carbocycles. The number of aliphatic carboxylic acids is 1. The second-order valence-corrected chi connectivity index (χ2v) is 6.68. The van der Waals surface area contributed by atoms with Crippen molar-refractivity contribution < 1.29 is 19.4 Å². The zero-order chi connectivity index (χ0) is 16.4. The summed E-state index contributed by atoms with van der Waals surface area (Å²) in [5, 5.41) is 9.73. The zero-order valence-corrected chi connectivity index (χ0v) is 13.5. The maximum atomic E-state index is 12.7. The summed E-state index contributed by atoms with van der Waals surface area (Å²) in [6, 6.07) is 7.48. The standard InChI is InChI=1S/C17H20ClNO4/c18-14-3-1-2-11(9-14)15-10-19(6-7-23-15)16(20)12-4-5-13(8-12)17(21)22/h1-3,9,12-13,15H,4-8,10H2,(H,21,22)/t12-,13+,15?/m0/s1. The van der Waals surface area contributed by atoms with Gasteiger partial charge in [0.2, 0.25) is 5.91 Å². The normalized spacial score (nSPS) is 27.9. The van der Waals surface area contributed by atoms with Crippen molar-refractivity contribution in [2.45, 2.75) is 25.4 Å². The lowest BCUT2D eigenvalue weighted by atomic mass is 10.0. The van der Waals surface area contributed by atoms with Crippen LogP contribution in [0.5, 0.6) is 0 Å². The van der Waals surface area contributed by atoms with Crippen LogP contribution >= 0.6 is 11.6 Å². The van der Waals surface area contributed by atoms with E-state index in [-0.39, 0.29) is 23.8 Å². The largest absolute Gasteiger partial charge is 0.481 e. The highest BCUT2D eigenvalue weighted by atomic mass is 35.5. The predicted octanol–water partition coefficient (Wildman–Crippen LogP) is 2.74. The number of carbonyl (C=O) groups excluding carboxylic acids is 1. The Labute approximate surface area is 140 Å². The molecule has 1 saturated heterocycles. The molecule has 1 N–H and O–H groups in total. The molecule has 6 heteroatoms. The second kappa shape index (κ2) is 6.89. The Kier molecular flexibility index (Phi) is 4.87. The molecule has 1 saturated carbocycles. The van der Waals surface area contributed by atoms with E-state index in [0.29, 0.717) is 44.0 Å². The Hall–Kier alpha value is -1.59. The van der Waals surface area contributed by atoms with Gasteiger partial charge in [0.1, 0.15) is 6.10 Å². The summed E-state index contributed by atoms with van der Waals surface area (Å²) in [6.07, 6.45) is 1.53. The first-order chi connectivity index (χ1) is 11.0. The molecule has 0 spiro atoms. The van der Waals surface area contributed by atoms with Gasteiger partial charge in [0.05, 0.1) is 19.1 Å². The molecule has 1 amide bonds. The van der Waals surface area contributed by atoms with Crippen LogP contribution in [0.3, 0.4) is 0 Å². The van der Waals surface area contributed by atoms with E-state index >= 15 is 0 Å². The molecule has 1 aliphatic carbocycles. The van der Waals surface area contributed by atoms with E-state index in [0.717, 1.165) is 5.56 Å². The summed E-state index contributed by atoms with van der Waals surface area (Å²) >= 11 is 6.02. The Balaban J connectivity index is 1.64. The summed E-state index contributed by atoms with van der Waals surface area (Å²) in [7, 11) is 0. The molecule has 3 atom stereocenters. The molecule has 1 aromatic rings. The lowest BCUT2D eigenvalue weighted by molar-refractivity contribution is -0.144. The number of rotatable bonds is 3. The van der Waals surface area contributed by atoms with E-state index in [9.17, 15) is 9.59 Å². The minimum absolute atomic E-state index is 0.0593. The van der Waals surface area contributed by atoms with Crippen molar-refractivity contribution in [3.63, 3.8) is 0 Å². The highest BCUT2D eigenvalue weighted by Gasteiger charge is 2.37. The first-order valence-corrected chi connectivity index (χ1v) is 8.31. The number of carbonyl (C=O) groups is 2. The lowest BCUT2D eigenvalue weighted by Gasteiger charge is -2.34. The van der Waals surface area contributed by atoms with Gasteiger partial charge in [-0.15, -0.1) is 0 Å². The van der Waals surface area contributed by atoms with Gasteiger partial charge in [0.15, 0.2) is 0 Å². The summed E-state index contributed by atoms with van der Waals surface area (Å²) in [6.45, 7) is 1.54. The van der Waals surface area contributed by atoms with Crippen LogP contribution in [-0.4, -0.2) is 41.6 Å². The first-order valence-electron chi connectivity index (χ1n) is 7.93. The molecule has 23 heavy (non-hydrogen) atoms. The SMILES string of the molecule is O=C(O)[C@@H]1CC[C@H](C(=O)N2CCOC(c3cccc(Cl)c3)C2)C1. The molecule has 0 bridgehead atoms. The number of ether oxygens (including phenoxy) is 1. The molecule has 0 radical (unpaired) electrons. The number of carboxylic acid groups (broad SMARTS) is 1. The van der Waals surface area contributed by atoms with Crippen LogP contribution in [0, 0.1) is 11.8 Å². The Morgan fingerprint density at radius 1 is 1.26 bits per heavy atom. The fraction of sp³-hybridized carbons (Fsp3) is 0.529. The molecule has 2 aliphatic rings. The number of hydrogen-bond donors (Lipinski definition) is 1. The van der Waals surface area contributed by atoms with Gasteiger partial charge in [0, 0.05) is 17.5 Å². The average molecular weight is 338 g/mol. The van der Waals surface area contributed by atoms with Gasteiger partial charge in [-0.05, 0) is 37.0 Å². The molecule has 124 valence electrons. The van der Waals surface area contributed by atoms with Crippen LogP contribution < -0.4 is 0 Å². The van der Waals surface area contributed by atoms with E-state index < -0.39 is 5.97 Å². The Morgan fingerprint density at radius 3 is 2.74 bits per heavy atom. The highest BCUT2D eigenvalue weighted by Crippen LogP contribution is 2.33. The van der Waals surface area contributed by atoms with E-state index in [1.165, 1.54) is 0 Å². The third kappa shape index (κ3) is 3.67. The van der Waals surface area contributed by atoms with Crippen LogP contribution in [0.2, 0.25) is 5.02 Å². The monoisotopic (exact) mass is 337 g/mol. The second-order valence-electron chi connectivity index (χ2n) is 6.24. The Bertz CT molecular complexity index is 606. The molecule has 5 nitrogen and oxygen atoms in total. The van der Waals surface area contributed by atoms with Crippen molar-refractivity contribution in [2.75, 3.05) is 19.7 Å². The first kappa shape index (κ1) is 16.3. The van der Waals surface area contributed by atoms with Crippen molar-refractivity contribution in [1.82, 2.24) is 4.90 Å². The molecule has 1 heterocycles. The predicted molar refractivity (Wildman–Crippen MR) is 85.2 cm³/mol. The highest BCUT2D eigenvalue weighted by molar-refractivity contribution is 6.30. The fourth-order valence-electron chi connectivity index (χ4n) is 3.45. The fourth-order valence-corrected chi connectivity index (χ4v) is 3.65. The molecule has 1 unspecified atom stereocenters. The number of morpholine rings is 1. The number of carboxylic acids is 1. The van der Waals surface area contributed by atoms with Gasteiger partial charge in [-0.3, -0.25) is 9.59 Å². The Morgan fingerprint density at radius 2 is 2.04 bits per heavy atom. The van der Waals surface area contributed by atoms with E-state index in [4.69, 9.17) is 21.4 Å². The third-order valence-corrected chi connectivity index (χ3v) is 4.96. The van der Waals surface area contributed by atoms with Crippen molar-refractivity contribution in [2.24, 2.45) is 11.8 Å². The average Bonchev–Trinajstić information content (AvgIpc) is 3.04. The minimum atomic E-state index is -0.793. The summed E-state index contributed by atoms with van der Waals surface area (Å²) in [5.41, 5.74) is 0.963. The quantitative estimate of drug-likeness (QED) is 0.921. The van der Waals surface area contributed by atoms with Crippen LogP contribution in [0.15, 0.2) is 24.3 Å². The summed E-state index contributed by atoms with van der Waals surface area (Å²) in [5.74, 6) is -1.29. The zero-order valence-electron chi connectivity index (χ0n) is 12.8. The minimum Gasteiger partial charge on any atom is -0.481 e. The lowest BCUT2D eigenvalue weighted by Crippen LogP contribution is -2.44. The number of halogens is 1. The van der Waals surface area contributed by atoms with Gasteiger partial charge in [0.25, 0.3) is 0 Å². The maximum absolute atomic E-state index is 12.7. The van der Waals surface area contributed by atoms with Gasteiger partial charge >= 0.3 is 5.97 Å². The number of amides is 1. The van der Waals surface area contributed by atoms with Crippen LogP contribution in [-0.2, 0) is 14.3 Å². The molecular formula is C17H20ClNO4. The van der Waals surface area contributed by atoms with Crippen LogP contribution in [0.1, 0.15) is 30.9 Å². The number of benzene rings is 1. The van der Waals surface area contributed by atoms with Gasteiger partial charge < -0.3 is 14.7 Å². The van der Waals surface area contributed by atoms with Crippen molar-refractivity contribution in [3.05, 3.63) is 34.9 Å². The molecule has 1 aliphatic heterocycles. The summed E-state index contributed by atoms with van der Waals surface area (Å²) < 4.78 is 5.77. The summed E-state index contributed by atoms with van der Waals surface area (Å²) in [4.78, 5) is 25.5. The smallest absolute Gasteiger partial charge is 0.306 e. The third-order valence-electron chi connectivity index (χ3n) is 4.73. The van der Waals surface area contributed by atoms with Crippen LogP contribution in [0.25, 0.3) is 0 Å². The molecule has 0 aromatic heterocycles.